The van der Waals surface area contributed by atoms with E-state index in [0.29, 0.717) is 0 Å². The summed E-state index contributed by atoms with van der Waals surface area (Å²) in [5.41, 5.74) is 7.11. The summed E-state index contributed by atoms with van der Waals surface area (Å²) in [6.07, 6.45) is 13.6. The summed E-state index contributed by atoms with van der Waals surface area (Å²) in [7, 11) is -0.996. The van der Waals surface area contributed by atoms with E-state index in [0.717, 1.165) is 35.5 Å². The third-order valence-corrected chi connectivity index (χ3v) is 7.44. The lowest BCUT2D eigenvalue weighted by Gasteiger charge is -2.29. The molecule has 4 aromatic rings. The molecule has 5 rings (SSSR count). The molecular weight excluding hydrogens is 396 g/mol. The van der Waals surface area contributed by atoms with Crippen LogP contribution in [-0.2, 0) is 6.42 Å². The highest BCUT2D eigenvalue weighted by molar-refractivity contribution is 8.32. The van der Waals surface area contributed by atoms with Crippen molar-refractivity contribution in [3.05, 3.63) is 96.1 Å². The Morgan fingerprint density at radius 1 is 0.871 bits per heavy atom. The van der Waals surface area contributed by atoms with Gasteiger partial charge in [-0.3, -0.25) is 0 Å². The molecule has 0 amide bonds. The van der Waals surface area contributed by atoms with E-state index in [-0.39, 0.29) is 0 Å². The molecule has 1 heterocycles. The smallest absolute Gasteiger partial charge is 0.142 e. The van der Waals surface area contributed by atoms with Gasteiger partial charge in [-0.25, -0.2) is 10.0 Å². The largest absolute Gasteiger partial charge is 0.455 e. The minimum absolute atomic E-state index is 0.967. The number of hydrogen-bond acceptors (Lipinski definition) is 1. The zero-order valence-electron chi connectivity index (χ0n) is 18.2. The molecule has 2 heteroatoms. The molecule has 0 bridgehead atoms. The molecule has 154 valence electrons. The zero-order chi connectivity index (χ0) is 21.4. The minimum atomic E-state index is -0.996. The molecular formula is C29H26OS. The first-order valence-corrected chi connectivity index (χ1v) is 13.5. The summed E-state index contributed by atoms with van der Waals surface area (Å²) in [6.45, 7) is 0. The number of rotatable bonds is 4. The van der Waals surface area contributed by atoms with Crippen molar-refractivity contribution in [3.8, 4) is 33.8 Å². The third kappa shape index (κ3) is 3.60. The van der Waals surface area contributed by atoms with Gasteiger partial charge in [-0.1, -0.05) is 72.8 Å². The van der Waals surface area contributed by atoms with Crippen molar-refractivity contribution in [3.63, 3.8) is 0 Å². The molecule has 3 aromatic carbocycles. The lowest BCUT2D eigenvalue weighted by atomic mass is 9.91. The molecule has 0 spiro atoms. The number of fused-ring (bicyclic) bond motifs is 1. The summed E-state index contributed by atoms with van der Waals surface area (Å²) in [5.74, 6) is 1.98. The predicted octanol–water partition coefficient (Wildman–Crippen LogP) is 7.89. The van der Waals surface area contributed by atoms with Gasteiger partial charge >= 0.3 is 0 Å². The minimum Gasteiger partial charge on any atom is -0.455 e. The van der Waals surface area contributed by atoms with Crippen LogP contribution in [-0.4, -0.2) is 18.8 Å². The average molecular weight is 423 g/mol. The first-order valence-electron chi connectivity index (χ1n) is 10.6. The fourth-order valence-electron chi connectivity index (χ4n) is 4.35. The molecule has 0 atom stereocenters. The highest BCUT2D eigenvalue weighted by Crippen LogP contribution is 2.54. The predicted molar refractivity (Wildman–Crippen MR) is 134 cm³/mol. The second-order valence-corrected chi connectivity index (χ2v) is 12.8. The monoisotopic (exact) mass is 422 g/mol. The number of allylic oxidation sites excluding steroid dienone is 1. The van der Waals surface area contributed by atoms with Crippen LogP contribution in [0.2, 0.25) is 0 Å². The maximum atomic E-state index is 6.78. The van der Waals surface area contributed by atoms with Gasteiger partial charge in [-0.2, -0.15) is 0 Å². The first-order chi connectivity index (χ1) is 15.0. The summed E-state index contributed by atoms with van der Waals surface area (Å²) in [6, 6.07) is 29.6. The first kappa shape index (κ1) is 19.8. The molecule has 0 saturated heterocycles. The lowest BCUT2D eigenvalue weighted by Crippen LogP contribution is -2.00. The van der Waals surface area contributed by atoms with Crippen LogP contribution in [0.1, 0.15) is 17.5 Å². The van der Waals surface area contributed by atoms with Gasteiger partial charge < -0.3 is 4.42 Å². The van der Waals surface area contributed by atoms with E-state index in [1.807, 2.05) is 18.2 Å². The molecule has 1 aliphatic rings. The molecule has 0 radical (unpaired) electrons. The van der Waals surface area contributed by atoms with E-state index in [2.05, 4.69) is 91.6 Å². The van der Waals surface area contributed by atoms with Gasteiger partial charge in [-0.15, -0.1) is 0 Å². The molecule has 0 saturated carbocycles. The van der Waals surface area contributed by atoms with Crippen LogP contribution in [0.25, 0.3) is 39.9 Å². The van der Waals surface area contributed by atoms with Gasteiger partial charge in [-0.05, 0) is 49.8 Å². The van der Waals surface area contributed by atoms with E-state index < -0.39 is 10.0 Å². The van der Waals surface area contributed by atoms with Gasteiger partial charge in [0.15, 0.2) is 0 Å². The Labute approximate surface area is 186 Å². The highest BCUT2D eigenvalue weighted by atomic mass is 32.3. The van der Waals surface area contributed by atoms with Crippen LogP contribution in [0, 0.1) is 12.1 Å². The van der Waals surface area contributed by atoms with Crippen LogP contribution in [0.3, 0.4) is 0 Å². The Kier molecular flexibility index (Phi) is 5.00. The molecule has 1 nitrogen and oxygen atoms in total. The Morgan fingerprint density at radius 3 is 2.45 bits per heavy atom. The molecule has 0 aliphatic heterocycles. The maximum absolute atomic E-state index is 6.78. The third-order valence-electron chi connectivity index (χ3n) is 5.78. The summed E-state index contributed by atoms with van der Waals surface area (Å²) in [4.78, 5) is 1.37. The van der Waals surface area contributed by atoms with E-state index in [1.54, 1.807) is 0 Å². The van der Waals surface area contributed by atoms with Crippen molar-refractivity contribution < 1.29 is 4.42 Å². The van der Waals surface area contributed by atoms with E-state index in [9.17, 15) is 0 Å². The standard InChI is InChI=1S/C29H26OS/c1-31(2,3)26-20-12-19-23(21-13-6-4-7-14-21)27(26)29-25-18-11-10-17-24(25)28(30-29)22-15-8-5-9-16-22/h4-6,8-10,12-13,15-17,19-20H,11,18H2,1-3H3. The number of furan rings is 1. The molecule has 31 heavy (non-hydrogen) atoms. The normalized spacial score (nSPS) is 13.5. The summed E-state index contributed by atoms with van der Waals surface area (Å²) < 4.78 is 6.78. The second-order valence-electron chi connectivity index (χ2n) is 8.68. The van der Waals surface area contributed by atoms with Crippen molar-refractivity contribution in [1.82, 2.24) is 0 Å². The second kappa shape index (κ2) is 7.84. The Morgan fingerprint density at radius 2 is 1.71 bits per heavy atom. The van der Waals surface area contributed by atoms with Gasteiger partial charge in [0.05, 0.1) is 0 Å². The fourth-order valence-corrected chi connectivity index (χ4v) is 5.65. The quantitative estimate of drug-likeness (QED) is 0.326. The maximum Gasteiger partial charge on any atom is 0.142 e. The lowest BCUT2D eigenvalue weighted by molar-refractivity contribution is 0.593. The summed E-state index contributed by atoms with van der Waals surface area (Å²) in [5, 5.41) is 0. The zero-order valence-corrected chi connectivity index (χ0v) is 19.1. The molecule has 1 aromatic heterocycles. The number of benzene rings is 2. The summed E-state index contributed by atoms with van der Waals surface area (Å²) >= 11 is 0. The Balaban J connectivity index is 1.84. The van der Waals surface area contributed by atoms with Crippen LogP contribution < -0.4 is 0 Å². The van der Waals surface area contributed by atoms with Crippen molar-refractivity contribution in [2.75, 3.05) is 18.8 Å². The number of hydrogen-bond donors (Lipinski definition) is 0. The van der Waals surface area contributed by atoms with Gasteiger partial charge in [0, 0.05) is 38.3 Å². The topological polar surface area (TPSA) is 13.1 Å². The van der Waals surface area contributed by atoms with Crippen LogP contribution in [0.5, 0.6) is 0 Å². The van der Waals surface area contributed by atoms with Crippen LogP contribution in [0.4, 0.5) is 0 Å². The average Bonchev–Trinajstić information content (AvgIpc) is 3.19. The van der Waals surface area contributed by atoms with E-state index >= 15 is 0 Å². The molecule has 0 N–H and O–H groups in total. The van der Waals surface area contributed by atoms with Gasteiger partial charge in [0.25, 0.3) is 0 Å². The van der Waals surface area contributed by atoms with Crippen molar-refractivity contribution in [1.29, 1.82) is 0 Å². The molecule has 0 unspecified atom stereocenters. The fraction of sp³-hybridized carbons (Fsp3) is 0.172. The SMILES string of the molecule is CS(C)(C)c1cccc(-c2c#cccc2)c1-c1oc(-c2ccccc2)c2c1CCC=C2. The van der Waals surface area contributed by atoms with Crippen molar-refractivity contribution >= 4 is 16.1 Å². The van der Waals surface area contributed by atoms with Crippen LogP contribution in [0.15, 0.2) is 82.1 Å². The van der Waals surface area contributed by atoms with Gasteiger partial charge in [0.2, 0.25) is 0 Å². The Hall–Kier alpha value is -3.15. The molecule has 0 fully saturated rings. The van der Waals surface area contributed by atoms with E-state index in [4.69, 9.17) is 4.42 Å². The van der Waals surface area contributed by atoms with Crippen LogP contribution >= 0.6 is 10.0 Å². The molecule has 1 aliphatic carbocycles. The van der Waals surface area contributed by atoms with Crippen molar-refractivity contribution in [2.45, 2.75) is 17.7 Å². The van der Waals surface area contributed by atoms with E-state index in [1.165, 1.54) is 27.1 Å². The Bertz CT molecular complexity index is 1240. The highest BCUT2D eigenvalue weighted by Gasteiger charge is 2.28. The van der Waals surface area contributed by atoms with Gasteiger partial charge in [0.1, 0.15) is 11.5 Å². The van der Waals surface area contributed by atoms with Crippen molar-refractivity contribution in [2.24, 2.45) is 0 Å².